The molecule has 4 N–H and O–H groups in total. The van der Waals surface area contributed by atoms with E-state index in [0.29, 0.717) is 12.8 Å². The summed E-state index contributed by atoms with van der Waals surface area (Å²) in [6.07, 6.45) is 2.28. The third-order valence-electron chi connectivity index (χ3n) is 4.77. The predicted molar refractivity (Wildman–Crippen MR) is 94.4 cm³/mol. The Balaban J connectivity index is 2.30. The van der Waals surface area contributed by atoms with Gasteiger partial charge in [-0.05, 0) is 25.3 Å². The maximum atomic E-state index is 13.0. The third kappa shape index (κ3) is 4.17. The lowest BCUT2D eigenvalue weighted by atomic mass is 9.92. The number of imide groups is 1. The van der Waals surface area contributed by atoms with Crippen LogP contribution in [0, 0.1) is 5.92 Å². The number of ketones is 1. The number of nitrogens with two attached hydrogens (primary N) is 1. The molecule has 4 unspecified atom stereocenters. The number of hydrogen-bond donors (Lipinski definition) is 3. The smallest absolute Gasteiger partial charge is 0.247 e. The highest BCUT2D eigenvalue weighted by atomic mass is 32.2. The van der Waals surface area contributed by atoms with Crippen molar-refractivity contribution in [1.29, 1.82) is 0 Å². The number of hydrogen-bond acceptors (Lipinski definition) is 7. The lowest BCUT2D eigenvalue weighted by Gasteiger charge is -2.35. The number of nitrogens with one attached hydrogen (secondary N) is 2. The molecular weight excluding hydrogens is 328 g/mol. The minimum atomic E-state index is -0.760. The quantitative estimate of drug-likeness (QED) is 0.575. The van der Waals surface area contributed by atoms with Crippen molar-refractivity contribution in [3.63, 3.8) is 0 Å². The van der Waals surface area contributed by atoms with Gasteiger partial charge in [0.1, 0.15) is 11.4 Å². The summed E-state index contributed by atoms with van der Waals surface area (Å²) >= 11 is 1.53. The van der Waals surface area contributed by atoms with Gasteiger partial charge in [0.2, 0.25) is 11.8 Å². The first-order valence-corrected chi connectivity index (χ1v) is 9.74. The van der Waals surface area contributed by atoms with Crippen molar-refractivity contribution in [2.45, 2.75) is 50.6 Å². The molecule has 7 nitrogen and oxygen atoms in total. The molecule has 0 radical (unpaired) electrons. The van der Waals surface area contributed by atoms with Crippen LogP contribution in [0.3, 0.4) is 0 Å². The summed E-state index contributed by atoms with van der Waals surface area (Å²) in [5, 5.41) is 5.91. The van der Waals surface area contributed by atoms with E-state index in [0.717, 1.165) is 30.2 Å². The van der Waals surface area contributed by atoms with Crippen LogP contribution in [0.2, 0.25) is 0 Å². The highest BCUT2D eigenvalue weighted by Crippen LogP contribution is 2.25. The van der Waals surface area contributed by atoms with E-state index < -0.39 is 18.0 Å². The molecule has 0 aromatic carbocycles. The second-order valence-electron chi connectivity index (χ2n) is 6.39. The standard InChI is InChI=1S/C16H28N4O3S/c1-3-10(2)13(14(22)15-19-7-8-24-15)20(12(21)9-17)16(23)11-5-4-6-18-11/h10-11,13,15,18-19H,3-9,17H2,1-2H3. The number of amides is 2. The van der Waals surface area contributed by atoms with Gasteiger partial charge in [0.15, 0.2) is 5.78 Å². The van der Waals surface area contributed by atoms with Crippen LogP contribution in [0.25, 0.3) is 0 Å². The first-order chi connectivity index (χ1) is 11.5. The van der Waals surface area contributed by atoms with Crippen LogP contribution in [-0.2, 0) is 14.4 Å². The monoisotopic (exact) mass is 356 g/mol. The van der Waals surface area contributed by atoms with Crippen LogP contribution in [0.4, 0.5) is 0 Å². The van der Waals surface area contributed by atoms with Crippen LogP contribution in [-0.4, -0.2) is 65.3 Å². The van der Waals surface area contributed by atoms with Crippen molar-refractivity contribution in [3.05, 3.63) is 0 Å². The SMILES string of the molecule is CCC(C)C(C(=O)C1NCCS1)N(C(=O)CN)C(=O)C1CCCN1. The second kappa shape index (κ2) is 8.94. The fraction of sp³-hybridized carbons (Fsp3) is 0.812. The molecule has 0 spiro atoms. The minimum absolute atomic E-state index is 0.0972. The second-order valence-corrected chi connectivity index (χ2v) is 7.61. The Labute approximate surface area is 147 Å². The third-order valence-corrected chi connectivity index (χ3v) is 5.94. The van der Waals surface area contributed by atoms with E-state index >= 15 is 0 Å². The van der Waals surface area contributed by atoms with Crippen molar-refractivity contribution in [2.75, 3.05) is 25.4 Å². The Morgan fingerprint density at radius 2 is 2.04 bits per heavy atom. The van der Waals surface area contributed by atoms with E-state index in [9.17, 15) is 14.4 Å². The number of rotatable bonds is 7. The Morgan fingerprint density at radius 1 is 1.29 bits per heavy atom. The maximum absolute atomic E-state index is 13.0. The number of nitrogens with zero attached hydrogens (tertiary/aromatic N) is 1. The van der Waals surface area contributed by atoms with Crippen molar-refractivity contribution >= 4 is 29.4 Å². The molecule has 2 aliphatic rings. The number of carbonyl (C=O) groups is 3. The molecule has 2 aliphatic heterocycles. The maximum Gasteiger partial charge on any atom is 0.247 e. The van der Waals surface area contributed by atoms with Crippen LogP contribution < -0.4 is 16.4 Å². The van der Waals surface area contributed by atoms with E-state index in [2.05, 4.69) is 10.6 Å². The minimum Gasteiger partial charge on any atom is -0.322 e. The van der Waals surface area contributed by atoms with Gasteiger partial charge >= 0.3 is 0 Å². The first kappa shape index (κ1) is 19.4. The van der Waals surface area contributed by atoms with Crippen LogP contribution >= 0.6 is 11.8 Å². The molecule has 0 aromatic heterocycles. The van der Waals surface area contributed by atoms with Gasteiger partial charge in [-0.2, -0.15) is 0 Å². The summed E-state index contributed by atoms with van der Waals surface area (Å²) in [5.74, 6) is -0.145. The average molecular weight is 356 g/mol. The molecule has 8 heteroatoms. The molecule has 136 valence electrons. The summed E-state index contributed by atoms with van der Waals surface area (Å²) in [4.78, 5) is 39.6. The summed E-state index contributed by atoms with van der Waals surface area (Å²) in [5.41, 5.74) is 5.55. The molecule has 0 aromatic rings. The Kier molecular flexibility index (Phi) is 7.21. The number of carbonyl (C=O) groups excluding carboxylic acids is 3. The van der Waals surface area contributed by atoms with Gasteiger partial charge in [0.25, 0.3) is 0 Å². The molecule has 2 amide bonds. The van der Waals surface area contributed by atoms with Gasteiger partial charge in [-0.1, -0.05) is 20.3 Å². The summed E-state index contributed by atoms with van der Waals surface area (Å²) < 4.78 is 0. The lowest BCUT2D eigenvalue weighted by Crippen LogP contribution is -2.59. The summed E-state index contributed by atoms with van der Waals surface area (Å²) in [7, 11) is 0. The molecule has 2 heterocycles. The summed E-state index contributed by atoms with van der Waals surface area (Å²) in [6.45, 7) is 5.11. The fourth-order valence-electron chi connectivity index (χ4n) is 3.23. The van der Waals surface area contributed by atoms with Crippen molar-refractivity contribution in [1.82, 2.24) is 15.5 Å². The predicted octanol–water partition coefficient (Wildman–Crippen LogP) is -0.301. The normalized spacial score (nSPS) is 26.1. The molecule has 4 atom stereocenters. The van der Waals surface area contributed by atoms with E-state index in [4.69, 9.17) is 5.73 Å². The Bertz CT molecular complexity index is 476. The van der Waals surface area contributed by atoms with Crippen LogP contribution in [0.5, 0.6) is 0 Å². The first-order valence-electron chi connectivity index (χ1n) is 8.69. The average Bonchev–Trinajstić information content (AvgIpc) is 3.30. The fourth-order valence-corrected chi connectivity index (χ4v) is 4.24. The number of thioether (sulfide) groups is 1. The van der Waals surface area contributed by atoms with Gasteiger partial charge in [0, 0.05) is 12.3 Å². The molecule has 2 saturated heterocycles. The van der Waals surface area contributed by atoms with Crippen molar-refractivity contribution in [3.8, 4) is 0 Å². The van der Waals surface area contributed by atoms with Crippen LogP contribution in [0.1, 0.15) is 33.1 Å². The van der Waals surface area contributed by atoms with Crippen molar-refractivity contribution in [2.24, 2.45) is 11.7 Å². The van der Waals surface area contributed by atoms with E-state index in [1.165, 1.54) is 11.8 Å². The van der Waals surface area contributed by atoms with Gasteiger partial charge in [-0.3, -0.25) is 24.6 Å². The summed E-state index contributed by atoms with van der Waals surface area (Å²) in [6, 6.07) is -1.16. The van der Waals surface area contributed by atoms with E-state index in [-0.39, 0.29) is 29.5 Å². The lowest BCUT2D eigenvalue weighted by molar-refractivity contribution is -0.153. The van der Waals surface area contributed by atoms with Crippen LogP contribution in [0.15, 0.2) is 0 Å². The molecule has 0 aliphatic carbocycles. The molecule has 2 fully saturated rings. The van der Waals surface area contributed by atoms with Gasteiger partial charge in [-0.25, -0.2) is 0 Å². The molecular formula is C16H28N4O3S. The molecule has 0 bridgehead atoms. The van der Waals surface area contributed by atoms with E-state index in [1.807, 2.05) is 13.8 Å². The Hall–Kier alpha value is -0.960. The van der Waals surface area contributed by atoms with Crippen molar-refractivity contribution < 1.29 is 14.4 Å². The zero-order valence-electron chi connectivity index (χ0n) is 14.4. The van der Waals surface area contributed by atoms with E-state index in [1.54, 1.807) is 0 Å². The molecule has 0 saturated carbocycles. The largest absolute Gasteiger partial charge is 0.322 e. The highest BCUT2D eigenvalue weighted by molar-refractivity contribution is 8.00. The number of Topliss-reactive ketones (excluding diaryl/α,β-unsaturated/α-hetero) is 1. The molecule has 24 heavy (non-hydrogen) atoms. The van der Waals surface area contributed by atoms with Gasteiger partial charge in [-0.15, -0.1) is 11.8 Å². The van der Waals surface area contributed by atoms with Gasteiger partial charge in [0.05, 0.1) is 12.6 Å². The molecule has 2 rings (SSSR count). The zero-order chi connectivity index (χ0) is 17.7. The Morgan fingerprint density at radius 3 is 2.54 bits per heavy atom. The zero-order valence-corrected chi connectivity index (χ0v) is 15.2. The van der Waals surface area contributed by atoms with Gasteiger partial charge < -0.3 is 11.1 Å². The topological polar surface area (TPSA) is 105 Å². The highest BCUT2D eigenvalue weighted by Gasteiger charge is 2.43.